The molecule has 0 aliphatic rings. The summed E-state index contributed by atoms with van der Waals surface area (Å²) in [5.74, 6) is 1.08. The number of hydrogen-bond acceptors (Lipinski definition) is 9. The Morgan fingerprint density at radius 3 is 2.42 bits per heavy atom. The molecule has 2 aromatic heterocycles. The fraction of sp³-hybridized carbons (Fsp3) is 0.317. The number of carbonyl (C=O) groups is 3. The summed E-state index contributed by atoms with van der Waals surface area (Å²) in [5, 5.41) is 14.1. The molecule has 0 saturated carbocycles. The van der Waals surface area contributed by atoms with Crippen molar-refractivity contribution >= 4 is 46.3 Å². The number of unbranched alkanes of at least 4 members (excludes halogenated alkanes) is 3. The molecule has 276 valence electrons. The minimum absolute atomic E-state index is 0.0270. The zero-order valence-corrected chi connectivity index (χ0v) is 30.7. The molecule has 0 saturated heterocycles. The summed E-state index contributed by atoms with van der Waals surface area (Å²) in [4.78, 5) is 49.7. The molecular formula is C41H47N7O5. The van der Waals surface area contributed by atoms with Gasteiger partial charge in [-0.05, 0) is 78.6 Å². The molecule has 0 aliphatic carbocycles. The minimum Gasteiger partial charge on any atom is -0.449 e. The maximum absolute atomic E-state index is 14.0. The topological polar surface area (TPSA) is 152 Å². The number of hydrogen-bond donors (Lipinski definition) is 3. The molecule has 0 fully saturated rings. The van der Waals surface area contributed by atoms with Gasteiger partial charge in [0.2, 0.25) is 0 Å². The minimum atomic E-state index is -0.631. The molecule has 0 unspecified atom stereocenters. The molecule has 0 aliphatic heterocycles. The third-order valence-corrected chi connectivity index (χ3v) is 8.78. The number of imidazole rings is 1. The zero-order chi connectivity index (χ0) is 37.7. The lowest BCUT2D eigenvalue weighted by atomic mass is 10.0. The van der Waals surface area contributed by atoms with Crippen molar-refractivity contribution in [2.24, 2.45) is 7.05 Å². The van der Waals surface area contributed by atoms with Gasteiger partial charge in [-0.2, -0.15) is 0 Å². The Bertz CT molecular complexity index is 2030. The Kier molecular flexibility index (Phi) is 13.3. The number of nitrogens with zero attached hydrogens (tertiary/aromatic N) is 4. The van der Waals surface area contributed by atoms with Gasteiger partial charge in [-0.25, -0.2) is 14.8 Å². The maximum atomic E-state index is 14.0. The fourth-order valence-corrected chi connectivity index (χ4v) is 5.80. The van der Waals surface area contributed by atoms with Crippen LogP contribution in [0.5, 0.6) is 5.75 Å². The van der Waals surface area contributed by atoms with Gasteiger partial charge < -0.3 is 19.4 Å². The number of benzene rings is 3. The Balaban J connectivity index is 1.21. The second-order valence-corrected chi connectivity index (χ2v) is 13.0. The molecule has 0 atom stereocenters. The normalized spacial score (nSPS) is 11.0. The first-order chi connectivity index (χ1) is 25.6. The molecule has 53 heavy (non-hydrogen) atoms. The second kappa shape index (κ2) is 18.5. The van der Waals surface area contributed by atoms with Crippen LogP contribution in [0.4, 0.5) is 16.3 Å². The molecule has 5 aromatic rings. The lowest BCUT2D eigenvalue weighted by Crippen LogP contribution is -2.34. The van der Waals surface area contributed by atoms with Crippen molar-refractivity contribution < 1.29 is 23.9 Å². The van der Waals surface area contributed by atoms with Gasteiger partial charge in [0.1, 0.15) is 23.2 Å². The third-order valence-electron chi connectivity index (χ3n) is 8.78. The molecule has 5 rings (SSSR count). The van der Waals surface area contributed by atoms with Crippen LogP contribution in [-0.4, -0.2) is 51.5 Å². The number of pyridine rings is 1. The predicted octanol–water partition coefficient (Wildman–Crippen LogP) is 7.98. The number of fused-ring (bicyclic) bond motifs is 1. The number of amides is 2. The molecule has 12 heteroatoms. The van der Waals surface area contributed by atoms with Crippen molar-refractivity contribution in [3.8, 4) is 5.75 Å². The van der Waals surface area contributed by atoms with E-state index >= 15 is 0 Å². The van der Waals surface area contributed by atoms with Crippen LogP contribution in [0.3, 0.4) is 0 Å². The van der Waals surface area contributed by atoms with E-state index in [1.165, 1.54) is 4.90 Å². The predicted molar refractivity (Wildman–Crippen MR) is 207 cm³/mol. The van der Waals surface area contributed by atoms with Crippen molar-refractivity contribution in [3.63, 3.8) is 0 Å². The summed E-state index contributed by atoms with van der Waals surface area (Å²) in [7, 11) is 1.91. The quantitative estimate of drug-likeness (QED) is 0.0306. The van der Waals surface area contributed by atoms with Crippen LogP contribution in [0.25, 0.3) is 11.0 Å². The highest BCUT2D eigenvalue weighted by Gasteiger charge is 2.22. The molecule has 2 heterocycles. The Morgan fingerprint density at radius 2 is 1.68 bits per heavy atom. The first kappa shape index (κ1) is 38.2. The van der Waals surface area contributed by atoms with Gasteiger partial charge in [0.05, 0.1) is 30.6 Å². The summed E-state index contributed by atoms with van der Waals surface area (Å²) in [6.45, 7) is 7.00. The Labute approximate surface area is 310 Å². The number of aromatic nitrogens is 3. The van der Waals surface area contributed by atoms with E-state index in [1.807, 2.05) is 61.9 Å². The highest BCUT2D eigenvalue weighted by Crippen LogP contribution is 2.27. The number of esters is 1. The summed E-state index contributed by atoms with van der Waals surface area (Å²) >= 11 is 0. The average Bonchev–Trinajstić information content (AvgIpc) is 3.48. The first-order valence-corrected chi connectivity index (χ1v) is 18.0. The van der Waals surface area contributed by atoms with E-state index < -0.39 is 12.1 Å². The number of rotatable bonds is 16. The number of ether oxygens (including phenoxy) is 2. The Morgan fingerprint density at radius 1 is 0.925 bits per heavy atom. The van der Waals surface area contributed by atoms with Crippen molar-refractivity contribution in [1.82, 2.24) is 19.9 Å². The third kappa shape index (κ3) is 10.3. The van der Waals surface area contributed by atoms with Crippen LogP contribution in [0, 0.1) is 5.41 Å². The standard InChI is InChI=1S/C41H47N7O5/c1-5-6-7-12-25-52-41(51)46-39(42)29-16-19-31(20-17-29)44-27-37-45-33-26-30(18-21-34(33)47(37)4)40(50)48(36-15-10-11-23-43-36)24-22-38(49)53-35-14-9-8-13-32(35)28(2)3/h8-11,13-21,23,26,28,44H,5-7,12,22,24-25,27H2,1-4H3,(H2,42,46,51). The van der Waals surface area contributed by atoms with E-state index in [4.69, 9.17) is 19.9 Å². The number of para-hydroxylation sites is 1. The first-order valence-electron chi connectivity index (χ1n) is 18.0. The Hall–Kier alpha value is -6.04. The molecule has 0 bridgehead atoms. The second-order valence-electron chi connectivity index (χ2n) is 13.0. The summed E-state index contributed by atoms with van der Waals surface area (Å²) in [6, 6.07) is 25.3. The smallest absolute Gasteiger partial charge is 0.412 e. The number of alkyl carbamates (subject to hydrolysis) is 1. The van der Waals surface area contributed by atoms with E-state index in [0.29, 0.717) is 41.4 Å². The number of anilines is 2. The van der Waals surface area contributed by atoms with E-state index in [1.54, 1.807) is 54.7 Å². The van der Waals surface area contributed by atoms with Gasteiger partial charge in [0.15, 0.2) is 0 Å². The van der Waals surface area contributed by atoms with Gasteiger partial charge in [-0.15, -0.1) is 0 Å². The molecule has 12 nitrogen and oxygen atoms in total. The molecule has 3 aromatic carbocycles. The van der Waals surface area contributed by atoms with E-state index in [9.17, 15) is 14.4 Å². The van der Waals surface area contributed by atoms with Crippen molar-refractivity contribution in [2.45, 2.75) is 65.3 Å². The van der Waals surface area contributed by atoms with Crippen LogP contribution >= 0.6 is 0 Å². The van der Waals surface area contributed by atoms with Gasteiger partial charge in [-0.1, -0.05) is 64.3 Å². The average molecular weight is 718 g/mol. The van der Waals surface area contributed by atoms with Gasteiger partial charge in [-0.3, -0.25) is 25.2 Å². The summed E-state index contributed by atoms with van der Waals surface area (Å²) < 4.78 is 12.8. The van der Waals surface area contributed by atoms with Crippen molar-refractivity contribution in [3.05, 3.63) is 114 Å². The number of aryl methyl sites for hydroxylation is 1. The number of nitrogens with one attached hydrogen (secondary N) is 3. The van der Waals surface area contributed by atoms with Crippen LogP contribution in [0.15, 0.2) is 91.1 Å². The molecule has 0 spiro atoms. The lowest BCUT2D eigenvalue weighted by Gasteiger charge is -2.22. The highest BCUT2D eigenvalue weighted by molar-refractivity contribution is 6.07. The van der Waals surface area contributed by atoms with E-state index in [0.717, 1.165) is 48.3 Å². The largest absolute Gasteiger partial charge is 0.449 e. The van der Waals surface area contributed by atoms with Crippen LogP contribution in [-0.2, 0) is 23.1 Å². The van der Waals surface area contributed by atoms with E-state index in [-0.39, 0.29) is 30.6 Å². The zero-order valence-electron chi connectivity index (χ0n) is 30.7. The molecule has 2 amide bonds. The fourth-order valence-electron chi connectivity index (χ4n) is 5.80. The van der Waals surface area contributed by atoms with Crippen LogP contribution in [0.1, 0.15) is 86.1 Å². The van der Waals surface area contributed by atoms with Crippen LogP contribution < -0.4 is 20.3 Å². The lowest BCUT2D eigenvalue weighted by molar-refractivity contribution is -0.134. The SMILES string of the molecule is CCCCCCOC(=O)NC(=N)c1ccc(NCc2nc3cc(C(=O)N(CCC(=O)Oc4ccccc4C(C)C)c4ccccn4)ccc3n2C)cc1. The number of amidine groups is 1. The molecule has 0 radical (unpaired) electrons. The molecule has 3 N–H and O–H groups in total. The van der Waals surface area contributed by atoms with Crippen molar-refractivity contribution in [2.75, 3.05) is 23.4 Å². The maximum Gasteiger partial charge on any atom is 0.412 e. The van der Waals surface area contributed by atoms with Crippen molar-refractivity contribution in [1.29, 1.82) is 5.41 Å². The number of carbonyl (C=O) groups excluding carboxylic acids is 3. The van der Waals surface area contributed by atoms with E-state index in [2.05, 4.69) is 22.5 Å². The van der Waals surface area contributed by atoms with Gasteiger partial charge >= 0.3 is 12.1 Å². The van der Waals surface area contributed by atoms with Gasteiger partial charge in [0.25, 0.3) is 5.91 Å². The van der Waals surface area contributed by atoms with Gasteiger partial charge in [0, 0.05) is 36.6 Å². The molecular weight excluding hydrogens is 670 g/mol. The monoisotopic (exact) mass is 717 g/mol. The van der Waals surface area contributed by atoms with Crippen LogP contribution in [0.2, 0.25) is 0 Å². The highest BCUT2D eigenvalue weighted by atomic mass is 16.5. The summed E-state index contributed by atoms with van der Waals surface area (Å²) in [6.07, 6.45) is 4.97. The summed E-state index contributed by atoms with van der Waals surface area (Å²) in [5.41, 5.74) is 4.20.